The predicted molar refractivity (Wildman–Crippen MR) is 160 cm³/mol. The minimum absolute atomic E-state index is 0.0817. The molecule has 3 aromatic rings. The molecule has 0 aliphatic heterocycles. The summed E-state index contributed by atoms with van der Waals surface area (Å²) < 4.78 is 0. The first-order chi connectivity index (χ1) is 16.7. The van der Waals surface area contributed by atoms with Crippen LogP contribution in [0.4, 0.5) is 0 Å². The van der Waals surface area contributed by atoms with Crippen molar-refractivity contribution in [3.63, 3.8) is 0 Å². The van der Waals surface area contributed by atoms with Gasteiger partial charge in [-0.2, -0.15) is 0 Å². The lowest BCUT2D eigenvalue weighted by atomic mass is 9.75. The molecule has 0 radical (unpaired) electrons. The van der Waals surface area contributed by atoms with Crippen LogP contribution in [-0.2, 0) is 15.6 Å². The average molecular weight is 504 g/mol. The highest BCUT2D eigenvalue weighted by molar-refractivity contribution is 5.99. The third-order valence-electron chi connectivity index (χ3n) is 6.11. The van der Waals surface area contributed by atoms with Gasteiger partial charge in [-0.15, -0.1) is 0 Å². The number of rotatable bonds is 1. The van der Waals surface area contributed by atoms with Crippen LogP contribution in [0, 0.1) is 10.8 Å². The van der Waals surface area contributed by atoms with Gasteiger partial charge in [0.2, 0.25) is 0 Å². The standard InChI is InChI=1S/C14H15NO.C14H22.C6H12O/c1-14(2,3)13(16)12-9-8-10-6-4-5-7-11(10)15-12;1-13(2,3)11-9-7-8-10-12(11)14(4,5)6;1-5(7)6(2,3)4/h4-9H,1-3H3;7-10H,1-6H3;1-4H3. The maximum atomic E-state index is 12.0. The Labute approximate surface area is 226 Å². The molecule has 3 nitrogen and oxygen atoms in total. The van der Waals surface area contributed by atoms with Crippen molar-refractivity contribution in [3.8, 4) is 0 Å². The number of hydrogen-bond acceptors (Lipinski definition) is 3. The van der Waals surface area contributed by atoms with Gasteiger partial charge in [-0.05, 0) is 41.0 Å². The highest BCUT2D eigenvalue weighted by Gasteiger charge is 2.25. The second-order valence-electron chi connectivity index (χ2n) is 13.8. The van der Waals surface area contributed by atoms with Crippen LogP contribution in [0.15, 0.2) is 60.7 Å². The minimum atomic E-state index is -0.380. The van der Waals surface area contributed by atoms with Gasteiger partial charge >= 0.3 is 0 Å². The van der Waals surface area contributed by atoms with Crippen molar-refractivity contribution >= 4 is 22.5 Å². The van der Waals surface area contributed by atoms with E-state index in [1.165, 1.54) is 11.1 Å². The molecule has 0 saturated carbocycles. The molecule has 2 aromatic carbocycles. The van der Waals surface area contributed by atoms with Crippen LogP contribution in [-0.4, -0.2) is 16.6 Å². The van der Waals surface area contributed by atoms with E-state index in [-0.39, 0.29) is 33.2 Å². The van der Waals surface area contributed by atoms with Gasteiger partial charge in [0.15, 0.2) is 5.78 Å². The van der Waals surface area contributed by atoms with E-state index in [4.69, 9.17) is 0 Å². The number of benzene rings is 2. The van der Waals surface area contributed by atoms with E-state index in [1.54, 1.807) is 13.0 Å². The molecule has 37 heavy (non-hydrogen) atoms. The molecule has 0 bridgehead atoms. The number of hydrogen-bond donors (Lipinski definition) is 0. The van der Waals surface area contributed by atoms with E-state index in [0.29, 0.717) is 5.69 Å². The van der Waals surface area contributed by atoms with Crippen LogP contribution in [0.3, 0.4) is 0 Å². The lowest BCUT2D eigenvalue weighted by molar-refractivity contribution is -0.124. The van der Waals surface area contributed by atoms with Crippen LogP contribution in [0.5, 0.6) is 0 Å². The summed E-state index contributed by atoms with van der Waals surface area (Å²) >= 11 is 0. The molecule has 0 atom stereocenters. The summed E-state index contributed by atoms with van der Waals surface area (Å²) in [6, 6.07) is 20.3. The molecule has 0 saturated heterocycles. The lowest BCUT2D eigenvalue weighted by Gasteiger charge is -2.29. The number of nitrogens with zero attached hydrogens (tertiary/aromatic N) is 1. The normalized spacial score (nSPS) is 12.1. The summed E-state index contributed by atoms with van der Waals surface area (Å²) in [6.45, 7) is 26.7. The van der Waals surface area contributed by atoms with Crippen LogP contribution in [0.1, 0.15) is 112 Å². The van der Waals surface area contributed by atoms with Gasteiger partial charge in [-0.1, -0.05) is 132 Å². The molecule has 3 rings (SSSR count). The zero-order valence-electron chi connectivity index (χ0n) is 25.5. The number of carbonyl (C=O) groups excluding carboxylic acids is 2. The summed E-state index contributed by atoms with van der Waals surface area (Å²) in [5.41, 5.74) is 4.31. The van der Waals surface area contributed by atoms with E-state index in [0.717, 1.165) is 10.9 Å². The Bertz CT molecular complexity index is 1160. The quantitative estimate of drug-likeness (QED) is 0.311. The monoisotopic (exact) mass is 503 g/mol. The van der Waals surface area contributed by atoms with Crippen molar-refractivity contribution in [2.75, 3.05) is 0 Å². The fourth-order valence-electron chi connectivity index (χ4n) is 3.37. The highest BCUT2D eigenvalue weighted by Crippen LogP contribution is 2.33. The van der Waals surface area contributed by atoms with Crippen molar-refractivity contribution in [1.82, 2.24) is 4.98 Å². The first-order valence-electron chi connectivity index (χ1n) is 13.2. The first-order valence-corrected chi connectivity index (χ1v) is 13.2. The predicted octanol–water partition coefficient (Wildman–Crippen LogP) is 9.37. The number of fused-ring (bicyclic) bond motifs is 1. The maximum Gasteiger partial charge on any atom is 0.186 e. The van der Waals surface area contributed by atoms with E-state index in [9.17, 15) is 9.59 Å². The number of pyridine rings is 1. The molecule has 0 amide bonds. The first kappa shape index (κ1) is 32.2. The van der Waals surface area contributed by atoms with Gasteiger partial charge < -0.3 is 0 Å². The molecule has 0 unspecified atom stereocenters. The Morgan fingerprint density at radius 1 is 0.568 bits per heavy atom. The summed E-state index contributed by atoms with van der Waals surface area (Å²) in [7, 11) is 0. The van der Waals surface area contributed by atoms with E-state index >= 15 is 0 Å². The van der Waals surface area contributed by atoms with Crippen molar-refractivity contribution < 1.29 is 9.59 Å². The second kappa shape index (κ2) is 12.2. The molecule has 0 fully saturated rings. The topological polar surface area (TPSA) is 47.0 Å². The Hall–Kier alpha value is -2.81. The number of ketones is 2. The van der Waals surface area contributed by atoms with Gasteiger partial charge in [0.1, 0.15) is 11.5 Å². The number of Topliss-reactive ketones (excluding diaryl/α,β-unsaturated/α-hetero) is 2. The van der Waals surface area contributed by atoms with Gasteiger partial charge in [-0.25, -0.2) is 4.98 Å². The smallest absolute Gasteiger partial charge is 0.186 e. The van der Waals surface area contributed by atoms with Crippen molar-refractivity contribution in [2.24, 2.45) is 10.8 Å². The van der Waals surface area contributed by atoms with Crippen molar-refractivity contribution in [2.45, 2.75) is 101 Å². The molecule has 1 heterocycles. The largest absolute Gasteiger partial charge is 0.299 e. The Balaban J connectivity index is 0.000000299. The zero-order chi connectivity index (χ0) is 28.8. The second-order valence-corrected chi connectivity index (χ2v) is 13.8. The Morgan fingerprint density at radius 3 is 1.35 bits per heavy atom. The molecule has 202 valence electrons. The van der Waals surface area contributed by atoms with E-state index in [2.05, 4.69) is 70.8 Å². The average Bonchev–Trinajstić information content (AvgIpc) is 2.76. The summed E-state index contributed by atoms with van der Waals surface area (Å²) in [5.74, 6) is 0.325. The van der Waals surface area contributed by atoms with Crippen LogP contribution in [0.25, 0.3) is 10.9 Å². The molecular weight excluding hydrogens is 454 g/mol. The highest BCUT2D eigenvalue weighted by atomic mass is 16.1. The van der Waals surface area contributed by atoms with Crippen molar-refractivity contribution in [1.29, 1.82) is 0 Å². The summed E-state index contributed by atoms with van der Waals surface area (Å²) in [5, 5.41) is 1.06. The fourth-order valence-corrected chi connectivity index (χ4v) is 3.37. The van der Waals surface area contributed by atoms with Gasteiger partial charge in [-0.3, -0.25) is 9.59 Å². The number of aromatic nitrogens is 1. The third-order valence-corrected chi connectivity index (χ3v) is 6.11. The lowest BCUT2D eigenvalue weighted by Crippen LogP contribution is -2.21. The summed E-state index contributed by atoms with van der Waals surface area (Å²) in [6.07, 6.45) is 0. The molecule has 0 aliphatic rings. The summed E-state index contributed by atoms with van der Waals surface area (Å²) in [4.78, 5) is 26.9. The number of carbonyl (C=O) groups is 2. The van der Waals surface area contributed by atoms with Crippen LogP contribution >= 0.6 is 0 Å². The van der Waals surface area contributed by atoms with E-state index < -0.39 is 0 Å². The van der Waals surface area contributed by atoms with Gasteiger partial charge in [0.05, 0.1) is 5.52 Å². The molecule has 1 aromatic heterocycles. The molecule has 0 spiro atoms. The SMILES string of the molecule is CC(=O)C(C)(C)C.CC(C)(C)C(=O)c1ccc2ccccc2n1.CC(C)(C)c1ccccc1C(C)(C)C. The maximum absolute atomic E-state index is 12.0. The Kier molecular flexibility index (Phi) is 10.6. The molecule has 3 heteroatoms. The van der Waals surface area contributed by atoms with E-state index in [1.807, 2.05) is 71.9 Å². The molecule has 0 aliphatic carbocycles. The van der Waals surface area contributed by atoms with Gasteiger partial charge in [0.25, 0.3) is 0 Å². The zero-order valence-corrected chi connectivity index (χ0v) is 25.5. The van der Waals surface area contributed by atoms with Crippen LogP contribution in [0.2, 0.25) is 0 Å². The van der Waals surface area contributed by atoms with Gasteiger partial charge in [0, 0.05) is 16.2 Å². The third kappa shape index (κ3) is 10.2. The Morgan fingerprint density at radius 2 is 0.973 bits per heavy atom. The van der Waals surface area contributed by atoms with Crippen LogP contribution < -0.4 is 0 Å². The molecule has 0 N–H and O–H groups in total. The van der Waals surface area contributed by atoms with Crippen molar-refractivity contribution in [3.05, 3.63) is 77.5 Å². The number of para-hydroxylation sites is 1. The molecular formula is C34H49NO2. The minimum Gasteiger partial charge on any atom is -0.299 e. The fraction of sp³-hybridized carbons (Fsp3) is 0.500.